The molecule has 1 aliphatic heterocycles. The van der Waals surface area contributed by atoms with Crippen LogP contribution >= 0.6 is 11.6 Å². The molecule has 0 unspecified atom stereocenters. The number of hydrogen-bond donors (Lipinski definition) is 3. The second kappa shape index (κ2) is 11.5. The lowest BCUT2D eigenvalue weighted by Gasteiger charge is -2.18. The van der Waals surface area contributed by atoms with Crippen molar-refractivity contribution in [2.24, 2.45) is 15.9 Å². The summed E-state index contributed by atoms with van der Waals surface area (Å²) in [7, 11) is 3.14. The number of carbonyl (C=O) groups is 1. The second-order valence-electron chi connectivity index (χ2n) is 7.55. The molecule has 0 saturated heterocycles. The molecule has 1 aliphatic rings. The van der Waals surface area contributed by atoms with Gasteiger partial charge in [-0.1, -0.05) is 18.5 Å². The lowest BCUT2D eigenvalue weighted by Crippen LogP contribution is -2.22. The molecule has 0 fully saturated rings. The van der Waals surface area contributed by atoms with E-state index in [9.17, 15) is 4.79 Å². The maximum absolute atomic E-state index is 12.0. The highest BCUT2D eigenvalue weighted by molar-refractivity contribution is 6.33. The van der Waals surface area contributed by atoms with Crippen LogP contribution in [0.1, 0.15) is 35.7 Å². The monoisotopic (exact) mass is 455 g/mol. The van der Waals surface area contributed by atoms with Gasteiger partial charge in [0.15, 0.2) is 0 Å². The molecular formula is C24H30ClN5O2. The van der Waals surface area contributed by atoms with Crippen molar-refractivity contribution in [1.82, 2.24) is 5.32 Å². The smallest absolute Gasteiger partial charge is 0.251 e. The van der Waals surface area contributed by atoms with E-state index in [0.29, 0.717) is 22.8 Å². The van der Waals surface area contributed by atoms with E-state index in [-0.39, 0.29) is 18.1 Å². The van der Waals surface area contributed by atoms with Gasteiger partial charge >= 0.3 is 0 Å². The van der Waals surface area contributed by atoms with Crippen molar-refractivity contribution in [1.29, 1.82) is 0 Å². The summed E-state index contributed by atoms with van der Waals surface area (Å²) in [6.45, 7) is 3.10. The van der Waals surface area contributed by atoms with Crippen LogP contribution in [0.5, 0.6) is 5.75 Å². The summed E-state index contributed by atoms with van der Waals surface area (Å²) in [5.74, 6) is 0.415. The summed E-state index contributed by atoms with van der Waals surface area (Å²) >= 11 is 6.46. The highest BCUT2D eigenvalue weighted by Crippen LogP contribution is 2.31. The van der Waals surface area contributed by atoms with E-state index >= 15 is 0 Å². The fourth-order valence-corrected chi connectivity index (χ4v) is 3.65. The number of hydrogen-bond acceptors (Lipinski definition) is 6. The van der Waals surface area contributed by atoms with Gasteiger partial charge in [-0.15, -0.1) is 0 Å². The third kappa shape index (κ3) is 6.23. The Morgan fingerprint density at radius 2 is 1.81 bits per heavy atom. The Labute approximate surface area is 194 Å². The quantitative estimate of drug-likeness (QED) is 0.487. The lowest BCUT2D eigenvalue weighted by molar-refractivity contribution is 0.0962. The largest absolute Gasteiger partial charge is 0.495 e. The van der Waals surface area contributed by atoms with E-state index in [1.165, 1.54) is 0 Å². The standard InChI is InChI=1S/C24H30ClN5O2/c1-4-11-27-19-7-9-20(10-8-19)30-24-28-14-16(15-29-24)5-6-17-12-18(23(31)26-2)13-21(32-3)22(17)25/h7-10,12-16,24,27,30H,4-6,11H2,1-3H3,(H,26,31). The first-order valence-corrected chi connectivity index (χ1v) is 11.2. The third-order valence-corrected chi connectivity index (χ3v) is 5.60. The number of anilines is 2. The lowest BCUT2D eigenvalue weighted by atomic mass is 9.99. The van der Waals surface area contributed by atoms with Gasteiger partial charge in [-0.25, -0.2) is 0 Å². The minimum atomic E-state index is -0.332. The minimum Gasteiger partial charge on any atom is -0.495 e. The molecule has 2 aromatic rings. The van der Waals surface area contributed by atoms with E-state index in [1.54, 1.807) is 20.2 Å². The summed E-state index contributed by atoms with van der Waals surface area (Å²) in [5, 5.41) is 9.82. The number of rotatable bonds is 10. The van der Waals surface area contributed by atoms with Gasteiger partial charge in [0.25, 0.3) is 5.91 Å². The van der Waals surface area contributed by atoms with Crippen LogP contribution in [0.2, 0.25) is 5.02 Å². The van der Waals surface area contributed by atoms with Crippen molar-refractivity contribution in [2.45, 2.75) is 32.5 Å². The predicted molar refractivity (Wildman–Crippen MR) is 133 cm³/mol. The van der Waals surface area contributed by atoms with E-state index in [0.717, 1.165) is 36.3 Å². The van der Waals surface area contributed by atoms with Crippen LogP contribution in [0.3, 0.4) is 0 Å². The number of halogens is 1. The highest BCUT2D eigenvalue weighted by Gasteiger charge is 2.16. The molecule has 32 heavy (non-hydrogen) atoms. The molecule has 7 nitrogen and oxygen atoms in total. The molecule has 2 aromatic carbocycles. The predicted octanol–water partition coefficient (Wildman–Crippen LogP) is 4.63. The van der Waals surface area contributed by atoms with Crippen LogP contribution in [0, 0.1) is 5.92 Å². The van der Waals surface area contributed by atoms with Crippen molar-refractivity contribution in [3.8, 4) is 5.75 Å². The Hall–Kier alpha value is -3.06. The van der Waals surface area contributed by atoms with E-state index in [1.807, 2.05) is 42.8 Å². The van der Waals surface area contributed by atoms with Crippen LogP contribution < -0.4 is 20.7 Å². The maximum atomic E-state index is 12.0. The second-order valence-corrected chi connectivity index (χ2v) is 7.93. The maximum Gasteiger partial charge on any atom is 0.251 e. The molecule has 3 rings (SSSR count). The number of aliphatic imine (C=N–C) groups is 2. The third-order valence-electron chi connectivity index (χ3n) is 5.17. The van der Waals surface area contributed by atoms with Gasteiger partial charge in [-0.3, -0.25) is 14.8 Å². The Balaban J connectivity index is 1.56. The van der Waals surface area contributed by atoms with E-state index < -0.39 is 0 Å². The summed E-state index contributed by atoms with van der Waals surface area (Å²) in [6, 6.07) is 11.6. The average molecular weight is 456 g/mol. The van der Waals surface area contributed by atoms with Crippen LogP contribution in [-0.4, -0.2) is 45.3 Å². The Morgan fingerprint density at radius 3 is 2.44 bits per heavy atom. The van der Waals surface area contributed by atoms with Crippen molar-refractivity contribution >= 4 is 41.3 Å². The molecule has 0 spiro atoms. The topological polar surface area (TPSA) is 87.1 Å². The molecule has 1 amide bonds. The van der Waals surface area contributed by atoms with Gasteiger partial charge in [-0.05, 0) is 61.2 Å². The SMILES string of the molecule is CCCNc1ccc(NC2N=CC(CCc3cc(C(=O)NC)cc(OC)c3Cl)C=N2)cc1. The van der Waals surface area contributed by atoms with Gasteiger partial charge in [0.2, 0.25) is 6.29 Å². The summed E-state index contributed by atoms with van der Waals surface area (Å²) in [5.41, 5.74) is 3.46. The number of ether oxygens (including phenoxy) is 1. The van der Waals surface area contributed by atoms with Crippen molar-refractivity contribution in [3.05, 3.63) is 52.5 Å². The number of benzene rings is 2. The van der Waals surface area contributed by atoms with Crippen LogP contribution in [0.25, 0.3) is 0 Å². The van der Waals surface area contributed by atoms with Crippen molar-refractivity contribution in [3.63, 3.8) is 0 Å². The van der Waals surface area contributed by atoms with E-state index in [2.05, 4.69) is 32.9 Å². The van der Waals surface area contributed by atoms with Gasteiger partial charge < -0.3 is 20.7 Å². The highest BCUT2D eigenvalue weighted by atomic mass is 35.5. The molecule has 0 aromatic heterocycles. The summed E-state index contributed by atoms with van der Waals surface area (Å²) < 4.78 is 5.33. The van der Waals surface area contributed by atoms with Crippen molar-refractivity contribution in [2.75, 3.05) is 31.3 Å². The molecule has 0 radical (unpaired) electrons. The average Bonchev–Trinajstić information content (AvgIpc) is 2.83. The number of nitrogens with one attached hydrogen (secondary N) is 3. The zero-order valence-corrected chi connectivity index (χ0v) is 19.4. The number of nitrogens with zero attached hydrogens (tertiary/aromatic N) is 2. The van der Waals surface area contributed by atoms with E-state index in [4.69, 9.17) is 16.3 Å². The molecule has 1 heterocycles. The van der Waals surface area contributed by atoms with Crippen molar-refractivity contribution < 1.29 is 9.53 Å². The number of amides is 1. The molecule has 0 bridgehead atoms. The Morgan fingerprint density at radius 1 is 1.12 bits per heavy atom. The van der Waals surface area contributed by atoms with Crippen LogP contribution in [0.15, 0.2) is 46.4 Å². The first kappa shape index (κ1) is 23.6. The summed E-state index contributed by atoms with van der Waals surface area (Å²) in [4.78, 5) is 21.1. The first-order chi connectivity index (χ1) is 15.5. The Kier molecular flexibility index (Phi) is 8.50. The van der Waals surface area contributed by atoms with Crippen LogP contribution in [-0.2, 0) is 6.42 Å². The zero-order valence-electron chi connectivity index (χ0n) is 18.7. The van der Waals surface area contributed by atoms with Crippen LogP contribution in [0.4, 0.5) is 11.4 Å². The zero-order chi connectivity index (χ0) is 22.9. The molecule has 0 aliphatic carbocycles. The molecule has 3 N–H and O–H groups in total. The van der Waals surface area contributed by atoms with Gasteiger partial charge in [0.05, 0.1) is 12.1 Å². The fraction of sp³-hybridized carbons (Fsp3) is 0.375. The molecule has 170 valence electrons. The molecular weight excluding hydrogens is 426 g/mol. The minimum absolute atomic E-state index is 0.0967. The van der Waals surface area contributed by atoms with Gasteiger partial charge in [0.1, 0.15) is 5.75 Å². The normalized spacial score (nSPS) is 17.1. The molecule has 0 atom stereocenters. The summed E-state index contributed by atoms with van der Waals surface area (Å²) in [6.07, 6.45) is 6.03. The number of methoxy groups -OCH3 is 1. The number of carbonyl (C=O) groups excluding carboxylic acids is 1. The number of aryl methyl sites for hydroxylation is 1. The fourth-order valence-electron chi connectivity index (χ4n) is 3.37. The first-order valence-electron chi connectivity index (χ1n) is 10.8. The van der Waals surface area contributed by atoms with Gasteiger partial charge in [0, 0.05) is 48.9 Å². The molecule has 0 saturated carbocycles. The Bertz CT molecular complexity index is 961. The molecule has 8 heteroatoms. The van der Waals surface area contributed by atoms with Gasteiger partial charge in [-0.2, -0.15) is 0 Å².